The maximum Gasteiger partial charge on any atom is 0.267 e. The van der Waals surface area contributed by atoms with Gasteiger partial charge in [-0.25, -0.2) is 4.99 Å². The van der Waals surface area contributed by atoms with Crippen LogP contribution in [-0.4, -0.2) is 23.1 Å². The molecule has 1 aromatic heterocycles. The highest BCUT2D eigenvalue weighted by atomic mass is 79.9. The van der Waals surface area contributed by atoms with E-state index in [9.17, 15) is 4.79 Å². The highest BCUT2D eigenvalue weighted by molar-refractivity contribution is 9.10. The first-order valence-corrected chi connectivity index (χ1v) is 10.5. The van der Waals surface area contributed by atoms with Gasteiger partial charge in [0.05, 0.1) is 24.2 Å². The number of halogens is 1. The van der Waals surface area contributed by atoms with Gasteiger partial charge in [0.25, 0.3) is 5.91 Å². The molecule has 2 heterocycles. The Labute approximate surface area is 181 Å². The molecule has 1 aliphatic rings. The van der Waals surface area contributed by atoms with E-state index in [-0.39, 0.29) is 5.91 Å². The van der Waals surface area contributed by atoms with Gasteiger partial charge in [0.1, 0.15) is 11.5 Å². The first kappa shape index (κ1) is 19.5. The Kier molecular flexibility index (Phi) is 5.87. The number of carbonyl (C=O) groups is 1. The molecule has 4 rings (SSSR count). The van der Waals surface area contributed by atoms with Gasteiger partial charge in [0, 0.05) is 6.08 Å². The van der Waals surface area contributed by atoms with Gasteiger partial charge in [-0.05, 0) is 69.7 Å². The van der Waals surface area contributed by atoms with E-state index >= 15 is 0 Å². The summed E-state index contributed by atoms with van der Waals surface area (Å²) in [5.41, 5.74) is 1.78. The highest BCUT2D eigenvalue weighted by Gasteiger charge is 2.33. The van der Waals surface area contributed by atoms with Crippen molar-refractivity contribution in [2.45, 2.75) is 6.54 Å². The van der Waals surface area contributed by atoms with Crippen LogP contribution in [0.2, 0.25) is 0 Å². The second-order valence-electron chi connectivity index (χ2n) is 6.22. The normalized spacial score (nSPS) is 16.8. The van der Waals surface area contributed by atoms with Crippen molar-refractivity contribution in [3.63, 3.8) is 0 Å². The van der Waals surface area contributed by atoms with Gasteiger partial charge < -0.3 is 9.15 Å². The van der Waals surface area contributed by atoms with Crippen molar-refractivity contribution >= 4 is 50.5 Å². The number of ether oxygens (including phenoxy) is 1. The zero-order valence-electron chi connectivity index (χ0n) is 15.5. The maximum absolute atomic E-state index is 13.1. The van der Waals surface area contributed by atoms with E-state index in [1.807, 2.05) is 60.7 Å². The van der Waals surface area contributed by atoms with Crippen molar-refractivity contribution in [2.75, 3.05) is 7.11 Å². The summed E-state index contributed by atoms with van der Waals surface area (Å²) < 4.78 is 11.4. The number of nitrogens with zero attached hydrogens (tertiary/aromatic N) is 2. The zero-order valence-corrected chi connectivity index (χ0v) is 17.9. The molecule has 7 heteroatoms. The number of hydrogen-bond donors (Lipinski definition) is 0. The molecule has 0 N–H and O–H groups in total. The van der Waals surface area contributed by atoms with Crippen LogP contribution in [0.4, 0.5) is 5.69 Å². The van der Waals surface area contributed by atoms with Gasteiger partial charge in [-0.1, -0.05) is 30.3 Å². The van der Waals surface area contributed by atoms with E-state index in [0.717, 1.165) is 17.0 Å². The van der Waals surface area contributed by atoms with Crippen LogP contribution in [0.25, 0.3) is 6.08 Å². The van der Waals surface area contributed by atoms with Crippen LogP contribution >= 0.6 is 27.7 Å². The van der Waals surface area contributed by atoms with Crippen molar-refractivity contribution in [1.29, 1.82) is 0 Å². The topological polar surface area (TPSA) is 55.0 Å². The molecule has 0 atom stereocenters. The number of methoxy groups -OCH3 is 1. The molecular weight excluding hydrogens is 452 g/mol. The average molecular weight is 469 g/mol. The Hall–Kier alpha value is -2.77. The average Bonchev–Trinajstić information content (AvgIpc) is 3.27. The second kappa shape index (κ2) is 8.71. The molecule has 1 saturated heterocycles. The summed E-state index contributed by atoms with van der Waals surface area (Å²) in [6, 6.07) is 20.9. The Morgan fingerprint density at radius 3 is 2.52 bits per heavy atom. The lowest BCUT2D eigenvalue weighted by Crippen LogP contribution is -2.28. The highest BCUT2D eigenvalue weighted by Crippen LogP contribution is 2.35. The van der Waals surface area contributed by atoms with Crippen LogP contribution in [0.1, 0.15) is 11.3 Å². The third kappa shape index (κ3) is 4.63. The summed E-state index contributed by atoms with van der Waals surface area (Å²) in [7, 11) is 1.63. The van der Waals surface area contributed by atoms with E-state index in [1.165, 1.54) is 11.8 Å². The summed E-state index contributed by atoms with van der Waals surface area (Å²) in [5.74, 6) is 1.28. The van der Waals surface area contributed by atoms with Gasteiger partial charge in [0.2, 0.25) is 0 Å². The molecule has 0 radical (unpaired) electrons. The largest absolute Gasteiger partial charge is 0.497 e. The molecule has 1 aliphatic heterocycles. The van der Waals surface area contributed by atoms with E-state index < -0.39 is 0 Å². The van der Waals surface area contributed by atoms with E-state index in [0.29, 0.717) is 27.0 Å². The predicted molar refractivity (Wildman–Crippen MR) is 119 cm³/mol. The lowest BCUT2D eigenvalue weighted by atomic mass is 10.2. The van der Waals surface area contributed by atoms with Crippen LogP contribution in [-0.2, 0) is 11.3 Å². The summed E-state index contributed by atoms with van der Waals surface area (Å²) in [4.78, 5) is 20.1. The zero-order chi connectivity index (χ0) is 20.2. The third-order valence-electron chi connectivity index (χ3n) is 4.24. The lowest BCUT2D eigenvalue weighted by molar-refractivity contribution is -0.122. The van der Waals surface area contributed by atoms with Gasteiger partial charge >= 0.3 is 0 Å². The van der Waals surface area contributed by atoms with Crippen molar-refractivity contribution in [1.82, 2.24) is 4.90 Å². The minimum absolute atomic E-state index is 0.104. The number of thioether (sulfide) groups is 1. The van der Waals surface area contributed by atoms with Crippen molar-refractivity contribution in [2.24, 2.45) is 4.99 Å². The number of amides is 1. The van der Waals surface area contributed by atoms with Crippen molar-refractivity contribution in [3.8, 4) is 5.75 Å². The molecule has 29 heavy (non-hydrogen) atoms. The van der Waals surface area contributed by atoms with Gasteiger partial charge in [-0.2, -0.15) is 0 Å². The molecule has 0 saturated carbocycles. The van der Waals surface area contributed by atoms with E-state index in [2.05, 4.69) is 15.9 Å². The summed E-state index contributed by atoms with van der Waals surface area (Å²) >= 11 is 4.63. The van der Waals surface area contributed by atoms with E-state index in [1.54, 1.807) is 24.2 Å². The number of rotatable bonds is 5. The molecule has 5 nitrogen and oxygen atoms in total. The number of aliphatic imine (C=N–C) groups is 1. The number of carbonyl (C=O) groups excluding carboxylic acids is 1. The van der Waals surface area contributed by atoms with Crippen LogP contribution in [0.5, 0.6) is 5.75 Å². The van der Waals surface area contributed by atoms with E-state index in [4.69, 9.17) is 14.1 Å². The molecule has 3 aromatic rings. The smallest absolute Gasteiger partial charge is 0.267 e. The lowest BCUT2D eigenvalue weighted by Gasteiger charge is -2.16. The number of para-hydroxylation sites is 1. The SMILES string of the molecule is COc1ccc(CN2C(=O)/C(=C\c3ccc(Br)o3)SC2=Nc2ccccc2)cc1. The molecule has 146 valence electrons. The third-order valence-corrected chi connectivity index (χ3v) is 5.67. The molecule has 0 unspecified atom stereocenters. The Morgan fingerprint density at radius 1 is 1.10 bits per heavy atom. The molecule has 1 fully saturated rings. The Balaban J connectivity index is 1.66. The second-order valence-corrected chi connectivity index (χ2v) is 8.01. The van der Waals surface area contributed by atoms with Crippen molar-refractivity contribution < 1.29 is 13.9 Å². The number of furan rings is 1. The summed E-state index contributed by atoms with van der Waals surface area (Å²) in [6.45, 7) is 0.417. The summed E-state index contributed by atoms with van der Waals surface area (Å²) in [6.07, 6.45) is 1.74. The maximum atomic E-state index is 13.1. The Morgan fingerprint density at radius 2 is 1.86 bits per heavy atom. The van der Waals surface area contributed by atoms with Gasteiger partial charge in [0.15, 0.2) is 9.84 Å². The summed E-state index contributed by atoms with van der Waals surface area (Å²) in [5, 5.41) is 0.633. The molecule has 0 aliphatic carbocycles. The van der Waals surface area contributed by atoms with Crippen molar-refractivity contribution in [3.05, 3.63) is 87.6 Å². The first-order valence-electron chi connectivity index (χ1n) is 8.86. The minimum atomic E-state index is -0.104. The molecule has 2 aromatic carbocycles. The monoisotopic (exact) mass is 468 g/mol. The van der Waals surface area contributed by atoms with Crippen LogP contribution in [0.15, 0.2) is 85.7 Å². The number of amidine groups is 1. The first-order chi connectivity index (χ1) is 14.1. The fourth-order valence-electron chi connectivity index (χ4n) is 2.79. The number of hydrogen-bond acceptors (Lipinski definition) is 5. The molecule has 0 bridgehead atoms. The van der Waals surface area contributed by atoms with Gasteiger partial charge in [-0.15, -0.1) is 0 Å². The minimum Gasteiger partial charge on any atom is -0.497 e. The van der Waals surface area contributed by atoms with Crippen LogP contribution in [0, 0.1) is 0 Å². The standard InChI is InChI=1S/C22H17BrN2O3S/c1-27-17-9-7-15(8-10-17)14-25-21(26)19(13-18-11-12-20(23)28-18)29-22(25)24-16-5-3-2-4-6-16/h2-13H,14H2,1H3/b19-13+,24-22?. The fraction of sp³-hybridized carbons (Fsp3) is 0.0909. The predicted octanol–water partition coefficient (Wildman–Crippen LogP) is 5.85. The Bertz CT molecular complexity index is 1070. The molecule has 1 amide bonds. The van der Waals surface area contributed by atoms with Crippen LogP contribution in [0.3, 0.4) is 0 Å². The van der Waals surface area contributed by atoms with Crippen LogP contribution < -0.4 is 4.74 Å². The molecular formula is C22H17BrN2O3S. The fourth-order valence-corrected chi connectivity index (χ4v) is 4.09. The molecule has 0 spiro atoms. The van der Waals surface area contributed by atoms with Gasteiger partial charge in [-0.3, -0.25) is 9.69 Å². The quantitative estimate of drug-likeness (QED) is 0.440. The number of benzene rings is 2.